The zero-order chi connectivity index (χ0) is 10.1. The third kappa shape index (κ3) is 5.99. The second kappa shape index (κ2) is 8.45. The zero-order valence-corrected chi connectivity index (χ0v) is 8.72. The number of halogens is 1. The van der Waals surface area contributed by atoms with Crippen LogP contribution in [-0.2, 0) is 0 Å². The van der Waals surface area contributed by atoms with Crippen molar-refractivity contribution in [3.05, 3.63) is 0 Å². The highest BCUT2D eigenvalue weighted by atomic mass is 19.1. The number of alkyl halides is 1. The normalized spacial score (nSPS) is 13.6. The fourth-order valence-electron chi connectivity index (χ4n) is 1.44. The van der Waals surface area contributed by atoms with Crippen molar-refractivity contribution in [2.24, 2.45) is 5.92 Å². The molecule has 0 fully saturated rings. The van der Waals surface area contributed by atoms with Gasteiger partial charge in [-0.1, -0.05) is 26.7 Å². The van der Waals surface area contributed by atoms with Crippen LogP contribution in [0.2, 0.25) is 0 Å². The zero-order valence-electron chi connectivity index (χ0n) is 8.72. The second-order valence-corrected chi connectivity index (χ2v) is 3.39. The first-order valence-corrected chi connectivity index (χ1v) is 5.20. The van der Waals surface area contributed by atoms with Gasteiger partial charge in [0.25, 0.3) is 0 Å². The summed E-state index contributed by atoms with van der Waals surface area (Å²) in [4.78, 5) is 0. The van der Waals surface area contributed by atoms with Crippen LogP contribution >= 0.6 is 0 Å². The predicted octanol–water partition coefficient (Wildman–Crippen LogP) is 1.73. The van der Waals surface area contributed by atoms with Gasteiger partial charge in [0.05, 0.1) is 12.8 Å². The van der Waals surface area contributed by atoms with Crippen LogP contribution < -0.4 is 5.32 Å². The first kappa shape index (κ1) is 12.8. The lowest BCUT2D eigenvalue weighted by Gasteiger charge is -2.20. The van der Waals surface area contributed by atoms with Gasteiger partial charge in [-0.3, -0.25) is 4.39 Å². The Morgan fingerprint density at radius 2 is 1.92 bits per heavy atom. The minimum absolute atomic E-state index is 0.283. The second-order valence-electron chi connectivity index (χ2n) is 3.39. The summed E-state index contributed by atoms with van der Waals surface area (Å²) in [7, 11) is 0. The molecule has 0 rings (SSSR count). The summed E-state index contributed by atoms with van der Waals surface area (Å²) in [5, 5.41) is 12.7. The predicted molar refractivity (Wildman–Crippen MR) is 53.5 cm³/mol. The molecule has 1 unspecified atom stereocenters. The van der Waals surface area contributed by atoms with Crippen molar-refractivity contribution in [1.29, 1.82) is 0 Å². The Labute approximate surface area is 80.5 Å². The summed E-state index contributed by atoms with van der Waals surface area (Å²) in [6, 6.07) is 0. The molecule has 0 aliphatic carbocycles. The Morgan fingerprint density at radius 1 is 1.31 bits per heavy atom. The Morgan fingerprint density at radius 3 is 2.38 bits per heavy atom. The standard InChI is InChI=1S/C10H22FNO/c1-3-9(4-2)10(13)8-12-7-5-6-11/h9-10,12-13H,3-8H2,1-2H3. The van der Waals surface area contributed by atoms with Crippen molar-refractivity contribution >= 4 is 0 Å². The van der Waals surface area contributed by atoms with Crippen LogP contribution in [0.5, 0.6) is 0 Å². The highest BCUT2D eigenvalue weighted by Gasteiger charge is 2.14. The fraction of sp³-hybridized carbons (Fsp3) is 1.00. The lowest BCUT2D eigenvalue weighted by molar-refractivity contribution is 0.101. The molecule has 0 amide bonds. The van der Waals surface area contributed by atoms with E-state index in [1.807, 2.05) is 0 Å². The van der Waals surface area contributed by atoms with E-state index in [0.717, 1.165) is 12.8 Å². The summed E-state index contributed by atoms with van der Waals surface area (Å²) < 4.78 is 11.7. The van der Waals surface area contributed by atoms with Gasteiger partial charge in [-0.15, -0.1) is 0 Å². The van der Waals surface area contributed by atoms with Gasteiger partial charge in [0.15, 0.2) is 0 Å². The molecule has 0 spiro atoms. The van der Waals surface area contributed by atoms with Crippen molar-refractivity contribution < 1.29 is 9.50 Å². The average Bonchev–Trinajstić information content (AvgIpc) is 2.14. The Kier molecular flexibility index (Phi) is 8.35. The molecule has 2 N–H and O–H groups in total. The van der Waals surface area contributed by atoms with Crippen LogP contribution in [0.15, 0.2) is 0 Å². The van der Waals surface area contributed by atoms with Gasteiger partial charge < -0.3 is 10.4 Å². The third-order valence-electron chi connectivity index (χ3n) is 2.43. The molecule has 2 nitrogen and oxygen atoms in total. The Balaban J connectivity index is 3.42. The minimum atomic E-state index is -0.284. The van der Waals surface area contributed by atoms with Gasteiger partial charge in [-0.05, 0) is 18.9 Å². The number of aliphatic hydroxyl groups is 1. The van der Waals surface area contributed by atoms with E-state index in [2.05, 4.69) is 19.2 Å². The van der Waals surface area contributed by atoms with Crippen molar-refractivity contribution in [1.82, 2.24) is 5.32 Å². The van der Waals surface area contributed by atoms with E-state index in [4.69, 9.17) is 0 Å². The Hall–Kier alpha value is -0.150. The van der Waals surface area contributed by atoms with Crippen LogP contribution in [0.1, 0.15) is 33.1 Å². The molecule has 0 heterocycles. The highest BCUT2D eigenvalue weighted by molar-refractivity contribution is 4.68. The number of nitrogens with one attached hydrogen (secondary N) is 1. The molecular formula is C10H22FNO. The van der Waals surface area contributed by atoms with E-state index in [-0.39, 0.29) is 12.8 Å². The van der Waals surface area contributed by atoms with E-state index >= 15 is 0 Å². The molecule has 13 heavy (non-hydrogen) atoms. The molecule has 0 bridgehead atoms. The van der Waals surface area contributed by atoms with Crippen LogP contribution in [-0.4, -0.2) is 31.0 Å². The smallest absolute Gasteiger partial charge is 0.0906 e. The fourth-order valence-corrected chi connectivity index (χ4v) is 1.44. The summed E-state index contributed by atoms with van der Waals surface area (Å²) >= 11 is 0. The summed E-state index contributed by atoms with van der Waals surface area (Å²) in [5.74, 6) is 0.373. The van der Waals surface area contributed by atoms with Gasteiger partial charge in [-0.25, -0.2) is 0 Å². The van der Waals surface area contributed by atoms with E-state index in [1.165, 1.54) is 0 Å². The number of aliphatic hydroxyl groups excluding tert-OH is 1. The van der Waals surface area contributed by atoms with E-state index < -0.39 is 0 Å². The summed E-state index contributed by atoms with van der Waals surface area (Å²) in [6.45, 7) is 5.13. The quantitative estimate of drug-likeness (QED) is 0.573. The lowest BCUT2D eigenvalue weighted by atomic mass is 9.96. The number of hydrogen-bond donors (Lipinski definition) is 2. The maximum atomic E-state index is 11.7. The lowest BCUT2D eigenvalue weighted by Crippen LogP contribution is -2.33. The van der Waals surface area contributed by atoms with Crippen LogP contribution in [0.4, 0.5) is 4.39 Å². The molecule has 0 aliphatic heterocycles. The van der Waals surface area contributed by atoms with E-state index in [0.29, 0.717) is 25.4 Å². The molecule has 0 aromatic heterocycles. The molecule has 0 aliphatic rings. The van der Waals surface area contributed by atoms with Crippen molar-refractivity contribution in [3.63, 3.8) is 0 Å². The largest absolute Gasteiger partial charge is 0.392 e. The molecular weight excluding hydrogens is 169 g/mol. The maximum Gasteiger partial charge on any atom is 0.0906 e. The number of rotatable bonds is 8. The van der Waals surface area contributed by atoms with E-state index in [1.54, 1.807) is 0 Å². The molecule has 0 radical (unpaired) electrons. The van der Waals surface area contributed by atoms with Crippen molar-refractivity contribution in [2.75, 3.05) is 19.8 Å². The molecule has 0 aromatic carbocycles. The number of hydrogen-bond acceptors (Lipinski definition) is 2. The maximum absolute atomic E-state index is 11.7. The van der Waals surface area contributed by atoms with E-state index in [9.17, 15) is 9.50 Å². The first-order chi connectivity index (χ1) is 6.26. The van der Waals surface area contributed by atoms with Gasteiger partial charge in [0.1, 0.15) is 0 Å². The molecule has 0 saturated carbocycles. The molecule has 80 valence electrons. The highest BCUT2D eigenvalue weighted by Crippen LogP contribution is 2.11. The van der Waals surface area contributed by atoms with Gasteiger partial charge >= 0.3 is 0 Å². The monoisotopic (exact) mass is 191 g/mol. The van der Waals surface area contributed by atoms with Gasteiger partial charge in [0.2, 0.25) is 0 Å². The van der Waals surface area contributed by atoms with Crippen LogP contribution in [0.25, 0.3) is 0 Å². The van der Waals surface area contributed by atoms with Crippen molar-refractivity contribution in [2.45, 2.75) is 39.2 Å². The summed E-state index contributed by atoms with van der Waals surface area (Å²) in [5.41, 5.74) is 0. The first-order valence-electron chi connectivity index (χ1n) is 5.20. The Bertz CT molecular complexity index is 107. The topological polar surface area (TPSA) is 32.3 Å². The van der Waals surface area contributed by atoms with Gasteiger partial charge in [0, 0.05) is 6.54 Å². The summed E-state index contributed by atoms with van der Waals surface area (Å²) in [6.07, 6.45) is 2.26. The minimum Gasteiger partial charge on any atom is -0.392 e. The molecule has 3 heteroatoms. The average molecular weight is 191 g/mol. The molecule has 0 saturated heterocycles. The SMILES string of the molecule is CCC(CC)C(O)CNCCCF. The molecule has 1 atom stereocenters. The van der Waals surface area contributed by atoms with Crippen molar-refractivity contribution in [3.8, 4) is 0 Å². The molecule has 0 aromatic rings. The third-order valence-corrected chi connectivity index (χ3v) is 2.43. The van der Waals surface area contributed by atoms with Crippen LogP contribution in [0.3, 0.4) is 0 Å². The van der Waals surface area contributed by atoms with Crippen LogP contribution in [0, 0.1) is 5.92 Å². The van der Waals surface area contributed by atoms with Gasteiger partial charge in [-0.2, -0.15) is 0 Å².